The van der Waals surface area contributed by atoms with Crippen molar-refractivity contribution in [2.75, 3.05) is 13.1 Å². The minimum Gasteiger partial charge on any atom is -0.371 e. The molecule has 0 N–H and O–H groups in total. The average Bonchev–Trinajstić information content (AvgIpc) is 2.79. The van der Waals surface area contributed by atoms with Crippen molar-refractivity contribution in [2.45, 2.75) is 89.4 Å². The molecule has 2 saturated heterocycles. The number of hydrogen-bond donors (Lipinski definition) is 0. The van der Waals surface area contributed by atoms with Gasteiger partial charge in [-0.2, -0.15) is 0 Å². The second-order valence-corrected chi connectivity index (χ2v) is 7.91. The van der Waals surface area contributed by atoms with Gasteiger partial charge in [0.1, 0.15) is 5.78 Å². The first-order valence-corrected chi connectivity index (χ1v) is 9.00. The molecule has 3 nitrogen and oxygen atoms in total. The third kappa shape index (κ3) is 3.68. The van der Waals surface area contributed by atoms with Crippen LogP contribution < -0.4 is 0 Å². The van der Waals surface area contributed by atoms with Gasteiger partial charge in [-0.05, 0) is 58.9 Å². The smallest absolute Gasteiger partial charge is 0.137 e. The van der Waals surface area contributed by atoms with Crippen LogP contribution in [-0.4, -0.2) is 41.5 Å². The molecule has 3 heteroatoms. The molecule has 3 fully saturated rings. The Kier molecular flexibility index (Phi) is 4.70. The van der Waals surface area contributed by atoms with Crippen molar-refractivity contribution in [3.05, 3.63) is 0 Å². The van der Waals surface area contributed by atoms with Gasteiger partial charge in [0.25, 0.3) is 0 Å². The lowest BCUT2D eigenvalue weighted by atomic mass is 9.79. The van der Waals surface area contributed by atoms with Crippen LogP contribution in [0.15, 0.2) is 0 Å². The fourth-order valence-electron chi connectivity index (χ4n) is 4.58. The Morgan fingerprint density at radius 3 is 2.67 bits per heavy atom. The number of piperidine rings is 1. The van der Waals surface area contributed by atoms with Crippen LogP contribution in [0, 0.1) is 5.92 Å². The van der Waals surface area contributed by atoms with E-state index < -0.39 is 0 Å². The van der Waals surface area contributed by atoms with E-state index in [2.05, 4.69) is 18.7 Å². The van der Waals surface area contributed by atoms with Gasteiger partial charge in [-0.1, -0.05) is 12.8 Å². The van der Waals surface area contributed by atoms with Crippen LogP contribution in [-0.2, 0) is 9.53 Å². The maximum absolute atomic E-state index is 12.3. The summed E-state index contributed by atoms with van der Waals surface area (Å²) in [6, 6.07) is 0.499. The molecule has 2 aliphatic heterocycles. The van der Waals surface area contributed by atoms with Gasteiger partial charge >= 0.3 is 0 Å². The van der Waals surface area contributed by atoms with Crippen LogP contribution in [0.2, 0.25) is 0 Å². The van der Waals surface area contributed by atoms with Crippen LogP contribution in [0.3, 0.4) is 0 Å². The van der Waals surface area contributed by atoms with E-state index in [0.717, 1.165) is 32.4 Å². The highest BCUT2D eigenvalue weighted by Crippen LogP contribution is 2.34. The van der Waals surface area contributed by atoms with Crippen LogP contribution in [0.4, 0.5) is 0 Å². The van der Waals surface area contributed by atoms with Crippen LogP contribution in [0.5, 0.6) is 0 Å². The molecule has 0 radical (unpaired) electrons. The predicted molar refractivity (Wildman–Crippen MR) is 84.4 cm³/mol. The molecule has 0 spiro atoms. The van der Waals surface area contributed by atoms with E-state index in [4.69, 9.17) is 4.74 Å². The lowest BCUT2D eigenvalue weighted by Crippen LogP contribution is -2.50. The first-order valence-electron chi connectivity index (χ1n) is 9.00. The summed E-state index contributed by atoms with van der Waals surface area (Å²) in [5.41, 5.74) is 0.0522. The maximum Gasteiger partial charge on any atom is 0.137 e. The monoisotopic (exact) mass is 293 g/mol. The molecule has 120 valence electrons. The summed E-state index contributed by atoms with van der Waals surface area (Å²) in [6.07, 6.45) is 10.8. The van der Waals surface area contributed by atoms with Crippen molar-refractivity contribution in [3.63, 3.8) is 0 Å². The van der Waals surface area contributed by atoms with Gasteiger partial charge < -0.3 is 4.74 Å². The van der Waals surface area contributed by atoms with E-state index in [1.54, 1.807) is 0 Å². The topological polar surface area (TPSA) is 29.5 Å². The quantitative estimate of drug-likeness (QED) is 0.797. The Bertz CT molecular complexity index is 379. The van der Waals surface area contributed by atoms with Gasteiger partial charge in [0, 0.05) is 24.9 Å². The minimum atomic E-state index is 0.0522. The van der Waals surface area contributed by atoms with Crippen molar-refractivity contribution in [1.29, 1.82) is 0 Å². The van der Waals surface area contributed by atoms with Gasteiger partial charge in [0.2, 0.25) is 0 Å². The molecular formula is C18H31NO2. The number of ketones is 1. The number of carbonyl (C=O) groups is 1. The Hall–Kier alpha value is -0.410. The molecule has 3 rings (SSSR count). The van der Waals surface area contributed by atoms with Crippen LogP contribution in [0.25, 0.3) is 0 Å². The van der Waals surface area contributed by atoms with E-state index >= 15 is 0 Å². The zero-order valence-corrected chi connectivity index (χ0v) is 13.8. The van der Waals surface area contributed by atoms with Gasteiger partial charge in [0.15, 0.2) is 0 Å². The number of carbonyl (C=O) groups excluding carboxylic acids is 1. The summed E-state index contributed by atoms with van der Waals surface area (Å²) in [5.74, 6) is 0.847. The van der Waals surface area contributed by atoms with Gasteiger partial charge in [-0.15, -0.1) is 0 Å². The minimum absolute atomic E-state index is 0.0522. The third-order valence-corrected chi connectivity index (χ3v) is 5.72. The van der Waals surface area contributed by atoms with Crippen molar-refractivity contribution < 1.29 is 9.53 Å². The Morgan fingerprint density at radius 2 is 1.95 bits per heavy atom. The number of rotatable bonds is 3. The molecule has 0 aromatic rings. The maximum atomic E-state index is 12.3. The van der Waals surface area contributed by atoms with Crippen molar-refractivity contribution >= 4 is 5.78 Å². The van der Waals surface area contributed by atoms with Crippen LogP contribution >= 0.6 is 0 Å². The lowest BCUT2D eigenvalue weighted by Gasteiger charge is -2.42. The molecular weight excluding hydrogens is 262 g/mol. The summed E-state index contributed by atoms with van der Waals surface area (Å²) in [4.78, 5) is 14.9. The van der Waals surface area contributed by atoms with Gasteiger partial charge in [-0.3, -0.25) is 9.69 Å². The zero-order valence-electron chi connectivity index (χ0n) is 13.8. The first-order chi connectivity index (χ1) is 10.1. The molecule has 0 amide bonds. The van der Waals surface area contributed by atoms with Crippen molar-refractivity contribution in [2.24, 2.45) is 5.92 Å². The number of nitrogens with zero attached hydrogens (tertiary/aromatic N) is 1. The number of Topliss-reactive ketones (excluding diaryl/α,β-unsaturated/α-hetero) is 1. The Labute approximate surface area is 129 Å². The fourth-order valence-corrected chi connectivity index (χ4v) is 4.58. The number of likely N-dealkylation sites (tertiary alicyclic amines) is 1. The fraction of sp³-hybridized carbons (Fsp3) is 0.944. The normalized spacial score (nSPS) is 37.8. The van der Waals surface area contributed by atoms with Gasteiger partial charge in [-0.25, -0.2) is 0 Å². The molecule has 0 aromatic carbocycles. The molecule has 2 heterocycles. The second kappa shape index (κ2) is 6.37. The highest BCUT2D eigenvalue weighted by atomic mass is 16.5. The van der Waals surface area contributed by atoms with Crippen LogP contribution in [0.1, 0.15) is 71.6 Å². The van der Waals surface area contributed by atoms with Gasteiger partial charge in [0.05, 0.1) is 11.7 Å². The SMILES string of the molecule is CC1(C)CCC(CN2CCCCC2C2CCCCC2=O)O1. The summed E-state index contributed by atoms with van der Waals surface area (Å²) in [7, 11) is 0. The zero-order chi connectivity index (χ0) is 14.9. The number of hydrogen-bond acceptors (Lipinski definition) is 3. The van der Waals surface area contributed by atoms with E-state index in [1.807, 2.05) is 0 Å². The summed E-state index contributed by atoms with van der Waals surface area (Å²) >= 11 is 0. The molecule has 1 saturated carbocycles. The lowest BCUT2D eigenvalue weighted by molar-refractivity contribution is -0.128. The summed E-state index contributed by atoms with van der Waals surface area (Å²) in [5, 5.41) is 0. The van der Waals surface area contributed by atoms with E-state index in [0.29, 0.717) is 23.8 Å². The molecule has 3 unspecified atom stereocenters. The Morgan fingerprint density at radius 1 is 1.14 bits per heavy atom. The average molecular weight is 293 g/mol. The molecule has 1 aliphatic carbocycles. The number of ether oxygens (including phenoxy) is 1. The molecule has 3 atom stereocenters. The van der Waals surface area contributed by atoms with E-state index in [-0.39, 0.29) is 5.60 Å². The highest BCUT2D eigenvalue weighted by molar-refractivity contribution is 5.82. The molecule has 0 bridgehead atoms. The standard InChI is InChI=1S/C18H31NO2/c1-18(2)11-10-14(21-18)13-19-12-6-5-8-16(19)15-7-3-4-9-17(15)20/h14-16H,3-13H2,1-2H3. The molecule has 21 heavy (non-hydrogen) atoms. The summed E-state index contributed by atoms with van der Waals surface area (Å²) in [6.45, 7) is 6.60. The molecule has 0 aromatic heterocycles. The van der Waals surface area contributed by atoms with Crippen molar-refractivity contribution in [1.82, 2.24) is 4.90 Å². The predicted octanol–water partition coefficient (Wildman–Crippen LogP) is 3.56. The third-order valence-electron chi connectivity index (χ3n) is 5.72. The first kappa shape index (κ1) is 15.5. The highest BCUT2D eigenvalue weighted by Gasteiger charge is 2.38. The summed E-state index contributed by atoms with van der Waals surface area (Å²) < 4.78 is 6.19. The largest absolute Gasteiger partial charge is 0.371 e. The molecule has 3 aliphatic rings. The van der Waals surface area contributed by atoms with Crippen molar-refractivity contribution in [3.8, 4) is 0 Å². The second-order valence-electron chi connectivity index (χ2n) is 7.91. The Balaban J connectivity index is 1.63. The van der Waals surface area contributed by atoms with E-state index in [1.165, 1.54) is 38.5 Å². The van der Waals surface area contributed by atoms with E-state index in [9.17, 15) is 4.79 Å².